The highest BCUT2D eigenvalue weighted by Gasteiger charge is 2.46. The number of aromatic hydroxyl groups is 7. The zero-order chi connectivity index (χ0) is 30.0. The Kier molecular flexibility index (Phi) is 6.17. The van der Waals surface area contributed by atoms with Gasteiger partial charge in [-0.15, -0.1) is 0 Å². The van der Waals surface area contributed by atoms with Gasteiger partial charge in [0.1, 0.15) is 40.4 Å². The Labute approximate surface area is 236 Å². The van der Waals surface area contributed by atoms with Crippen molar-refractivity contribution in [2.75, 3.05) is 0 Å². The van der Waals surface area contributed by atoms with Crippen LogP contribution in [0.25, 0.3) is 0 Å². The number of hydrogen-bond acceptors (Lipinski definition) is 12. The molecule has 42 heavy (non-hydrogen) atoms. The van der Waals surface area contributed by atoms with Crippen molar-refractivity contribution >= 4 is 5.78 Å². The van der Waals surface area contributed by atoms with Crippen LogP contribution in [0.15, 0.2) is 60.7 Å². The van der Waals surface area contributed by atoms with Crippen LogP contribution in [0.3, 0.4) is 0 Å². The highest BCUT2D eigenvalue weighted by Crippen LogP contribution is 2.54. The predicted octanol–water partition coefficient (Wildman–Crippen LogP) is 2.93. The van der Waals surface area contributed by atoms with E-state index in [0.717, 1.165) is 24.3 Å². The first-order valence-corrected chi connectivity index (χ1v) is 12.7. The molecule has 216 valence electrons. The lowest BCUT2D eigenvalue weighted by Crippen LogP contribution is -2.37. The molecule has 2 aliphatic rings. The first-order chi connectivity index (χ1) is 20.0. The summed E-state index contributed by atoms with van der Waals surface area (Å²) in [5.41, 5.74) is -0.189. The minimum Gasteiger partial charge on any atom is -0.508 e. The second-order valence-electron chi connectivity index (χ2n) is 10.1. The van der Waals surface area contributed by atoms with Crippen molar-refractivity contribution in [3.05, 3.63) is 88.5 Å². The van der Waals surface area contributed by atoms with E-state index in [1.165, 1.54) is 36.4 Å². The van der Waals surface area contributed by atoms with E-state index in [1.807, 2.05) is 0 Å². The van der Waals surface area contributed by atoms with Crippen LogP contribution < -0.4 is 9.47 Å². The van der Waals surface area contributed by atoms with Crippen LogP contribution in [0, 0.1) is 0 Å². The van der Waals surface area contributed by atoms with E-state index in [2.05, 4.69) is 0 Å². The first kappa shape index (κ1) is 26.9. The molecule has 4 aromatic rings. The number of aliphatic hydroxyl groups excluding tert-OH is 2. The smallest absolute Gasteiger partial charge is 0.202 e. The van der Waals surface area contributed by atoms with Crippen molar-refractivity contribution in [3.63, 3.8) is 0 Å². The molecule has 2 heterocycles. The Morgan fingerprint density at radius 2 is 1.19 bits per heavy atom. The number of aliphatic hydroxyl groups is 2. The van der Waals surface area contributed by atoms with Gasteiger partial charge in [-0.3, -0.25) is 4.79 Å². The summed E-state index contributed by atoms with van der Waals surface area (Å²) < 4.78 is 11.7. The number of carbonyl (C=O) groups is 1. The maximum atomic E-state index is 13.4. The normalized spacial score (nSPS) is 22.9. The van der Waals surface area contributed by atoms with Crippen LogP contribution in [0.4, 0.5) is 0 Å². The van der Waals surface area contributed by atoms with Gasteiger partial charge in [0.05, 0.1) is 0 Å². The number of ketones is 1. The topological polar surface area (TPSA) is 218 Å². The molecule has 12 nitrogen and oxygen atoms in total. The summed E-state index contributed by atoms with van der Waals surface area (Å²) in [5, 5.41) is 94.3. The van der Waals surface area contributed by atoms with Crippen molar-refractivity contribution in [2.45, 2.75) is 30.3 Å². The molecule has 0 aromatic heterocycles. The number of benzene rings is 4. The van der Waals surface area contributed by atoms with Crippen LogP contribution in [0.1, 0.15) is 50.7 Å². The predicted molar refractivity (Wildman–Crippen MR) is 142 cm³/mol. The van der Waals surface area contributed by atoms with Gasteiger partial charge in [0.15, 0.2) is 41.3 Å². The summed E-state index contributed by atoms with van der Waals surface area (Å²) >= 11 is 0. The van der Waals surface area contributed by atoms with E-state index in [9.17, 15) is 50.8 Å². The highest BCUT2D eigenvalue weighted by molar-refractivity contribution is 6.06. The third-order valence-electron chi connectivity index (χ3n) is 7.54. The molecule has 0 saturated heterocycles. The molecule has 2 aliphatic heterocycles. The molecular formula is C30H24O12. The average molecular weight is 577 g/mol. The molecule has 0 unspecified atom stereocenters. The number of phenols is 7. The monoisotopic (exact) mass is 576 g/mol. The maximum Gasteiger partial charge on any atom is 0.202 e. The van der Waals surface area contributed by atoms with Crippen LogP contribution in [0.2, 0.25) is 0 Å². The van der Waals surface area contributed by atoms with Crippen LogP contribution in [-0.2, 0) is 0 Å². The van der Waals surface area contributed by atoms with Gasteiger partial charge in [-0.1, -0.05) is 18.2 Å². The summed E-state index contributed by atoms with van der Waals surface area (Å²) in [6, 6.07) is 12.3. The Hall–Kier alpha value is -5.33. The lowest BCUT2D eigenvalue weighted by atomic mass is 9.78. The van der Waals surface area contributed by atoms with Gasteiger partial charge in [0.2, 0.25) is 5.78 Å². The Balaban J connectivity index is 1.48. The quantitative estimate of drug-likeness (QED) is 0.161. The Morgan fingerprint density at radius 3 is 1.81 bits per heavy atom. The molecule has 0 aliphatic carbocycles. The standard InChI is InChI=1S/C30H24O12/c31-13-3-4-14-20(9-13)41-29(11-1-5-15(32)17(34)7-11)27(39)22(14)23-19(36)10-21-24(25(23)37)26(38)28(40)30(42-21)12-2-6-16(33)18(35)8-12/h1-10,22,27-37,39-40H/t22-,27-,28+,29+,30+/m0/s1. The minimum atomic E-state index is -1.86. The molecule has 0 radical (unpaired) electrons. The number of Topliss-reactive ketones (excluding diaryl/α,β-unsaturated/α-hetero) is 1. The third kappa shape index (κ3) is 4.12. The molecule has 0 amide bonds. The van der Waals surface area contributed by atoms with Crippen molar-refractivity contribution in [2.24, 2.45) is 0 Å². The number of rotatable bonds is 3. The number of phenolic OH excluding ortho intramolecular Hbond substituents is 7. The van der Waals surface area contributed by atoms with Gasteiger partial charge in [-0.2, -0.15) is 0 Å². The van der Waals surface area contributed by atoms with E-state index in [0.29, 0.717) is 0 Å². The second-order valence-corrected chi connectivity index (χ2v) is 10.1. The van der Waals surface area contributed by atoms with Crippen molar-refractivity contribution in [1.82, 2.24) is 0 Å². The van der Waals surface area contributed by atoms with E-state index < -0.39 is 76.2 Å². The Bertz CT molecular complexity index is 1750. The Morgan fingerprint density at radius 1 is 0.595 bits per heavy atom. The first-order valence-electron chi connectivity index (χ1n) is 12.7. The summed E-state index contributed by atoms with van der Waals surface area (Å²) in [6.45, 7) is 0. The molecular weight excluding hydrogens is 552 g/mol. The van der Waals surface area contributed by atoms with Gasteiger partial charge in [-0.05, 0) is 41.5 Å². The van der Waals surface area contributed by atoms with Crippen molar-refractivity contribution in [1.29, 1.82) is 0 Å². The van der Waals surface area contributed by atoms with E-state index in [1.54, 1.807) is 0 Å². The molecule has 0 spiro atoms. The third-order valence-corrected chi connectivity index (χ3v) is 7.54. The highest BCUT2D eigenvalue weighted by atomic mass is 16.5. The van der Waals surface area contributed by atoms with Gasteiger partial charge >= 0.3 is 0 Å². The molecule has 5 atom stereocenters. The lowest BCUT2D eigenvalue weighted by molar-refractivity contribution is 0.00689. The zero-order valence-electron chi connectivity index (χ0n) is 21.4. The second kappa shape index (κ2) is 9.65. The minimum absolute atomic E-state index is 0.0641. The van der Waals surface area contributed by atoms with Crippen LogP contribution in [0.5, 0.6) is 51.7 Å². The van der Waals surface area contributed by atoms with Crippen molar-refractivity contribution < 1.29 is 60.2 Å². The van der Waals surface area contributed by atoms with Crippen LogP contribution in [-0.4, -0.2) is 63.9 Å². The van der Waals surface area contributed by atoms with E-state index in [4.69, 9.17) is 9.47 Å². The SMILES string of the molecule is O=C1c2c(cc(O)c([C@@H]3c4ccc(O)cc4O[C@H](c4ccc(O)c(O)c4)[C@H]3O)c2O)O[C@H](c2ccc(O)c(O)c2)[C@@H]1O. The number of ether oxygens (including phenoxy) is 2. The van der Waals surface area contributed by atoms with Crippen LogP contribution >= 0.6 is 0 Å². The van der Waals surface area contributed by atoms with Crippen molar-refractivity contribution in [3.8, 4) is 51.7 Å². The summed E-state index contributed by atoms with van der Waals surface area (Å²) in [6.07, 6.45) is -6.01. The summed E-state index contributed by atoms with van der Waals surface area (Å²) in [4.78, 5) is 13.4. The molecule has 9 N–H and O–H groups in total. The van der Waals surface area contributed by atoms with Gasteiger partial charge in [-0.25, -0.2) is 0 Å². The largest absolute Gasteiger partial charge is 0.508 e. The molecule has 12 heteroatoms. The van der Waals surface area contributed by atoms with E-state index in [-0.39, 0.29) is 39.5 Å². The molecule has 6 rings (SSSR count). The molecule has 0 bridgehead atoms. The fraction of sp³-hybridized carbons (Fsp3) is 0.167. The average Bonchev–Trinajstić information content (AvgIpc) is 2.94. The molecule has 0 fully saturated rings. The fourth-order valence-electron chi connectivity index (χ4n) is 5.50. The van der Waals surface area contributed by atoms with E-state index >= 15 is 0 Å². The van der Waals surface area contributed by atoms with Gasteiger partial charge < -0.3 is 55.4 Å². The van der Waals surface area contributed by atoms with Gasteiger partial charge in [0.25, 0.3) is 0 Å². The number of carbonyl (C=O) groups excluding carboxylic acids is 1. The molecule has 4 aromatic carbocycles. The summed E-state index contributed by atoms with van der Waals surface area (Å²) in [5.74, 6) is -5.86. The fourth-order valence-corrected chi connectivity index (χ4v) is 5.50. The number of fused-ring (bicyclic) bond motifs is 2. The maximum absolute atomic E-state index is 13.4. The lowest BCUT2D eigenvalue weighted by Gasteiger charge is -2.38. The summed E-state index contributed by atoms with van der Waals surface area (Å²) in [7, 11) is 0. The molecule has 0 saturated carbocycles. The zero-order valence-corrected chi connectivity index (χ0v) is 21.4. The number of hydrogen-bond donors (Lipinski definition) is 9. The van der Waals surface area contributed by atoms with Gasteiger partial charge in [0, 0.05) is 29.2 Å².